The number of rotatable bonds is 1. The van der Waals surface area contributed by atoms with Crippen LogP contribution < -0.4 is 0 Å². The molecule has 1 aromatic rings. The van der Waals surface area contributed by atoms with Crippen LogP contribution >= 0.6 is 0 Å². The minimum Gasteiger partial charge on any atom is -0.284 e. The zero-order valence-corrected chi connectivity index (χ0v) is 7.80. The SMILES string of the molecule is [C-]1=[N+](c2ccccc2)\C=C/C=C\C=C/1. The van der Waals surface area contributed by atoms with E-state index >= 15 is 0 Å². The van der Waals surface area contributed by atoms with Crippen LogP contribution in [0.15, 0.2) is 66.9 Å². The predicted octanol–water partition coefficient (Wildman–Crippen LogP) is 2.92. The van der Waals surface area contributed by atoms with Gasteiger partial charge in [0, 0.05) is 0 Å². The van der Waals surface area contributed by atoms with E-state index in [0.29, 0.717) is 0 Å². The Morgan fingerprint density at radius 3 is 2.50 bits per heavy atom. The lowest BCUT2D eigenvalue weighted by molar-refractivity contribution is -0.353. The van der Waals surface area contributed by atoms with Crippen LogP contribution in [-0.4, -0.2) is 10.8 Å². The van der Waals surface area contributed by atoms with Crippen molar-refractivity contribution in [3.63, 3.8) is 0 Å². The van der Waals surface area contributed by atoms with E-state index < -0.39 is 0 Å². The highest BCUT2D eigenvalue weighted by Crippen LogP contribution is 2.10. The predicted molar refractivity (Wildman–Crippen MR) is 58.8 cm³/mol. The minimum atomic E-state index is 1.11. The minimum absolute atomic E-state index is 1.11. The van der Waals surface area contributed by atoms with E-state index in [1.165, 1.54) is 0 Å². The molecule has 0 atom stereocenters. The van der Waals surface area contributed by atoms with Crippen LogP contribution in [0.4, 0.5) is 5.69 Å². The van der Waals surface area contributed by atoms with Crippen molar-refractivity contribution < 1.29 is 4.58 Å². The van der Waals surface area contributed by atoms with Crippen molar-refractivity contribution in [3.05, 3.63) is 66.9 Å². The Bertz CT molecular complexity index is 408. The fourth-order valence-corrected chi connectivity index (χ4v) is 1.24. The molecule has 1 nitrogen and oxygen atoms in total. The molecule has 1 aliphatic heterocycles. The summed E-state index contributed by atoms with van der Waals surface area (Å²) < 4.78 is 1.96. The van der Waals surface area contributed by atoms with E-state index in [2.05, 4.69) is 18.3 Å². The van der Waals surface area contributed by atoms with Gasteiger partial charge in [-0.15, -0.1) is 12.2 Å². The second-order valence-corrected chi connectivity index (χ2v) is 2.92. The first-order valence-electron chi connectivity index (χ1n) is 4.57. The van der Waals surface area contributed by atoms with E-state index in [-0.39, 0.29) is 0 Å². The molecular formula is C13H11N. The quantitative estimate of drug-likeness (QED) is 0.463. The van der Waals surface area contributed by atoms with Crippen molar-refractivity contribution in [2.45, 2.75) is 0 Å². The van der Waals surface area contributed by atoms with Gasteiger partial charge in [-0.3, -0.25) is 4.58 Å². The summed E-state index contributed by atoms with van der Waals surface area (Å²) in [6.45, 7) is 0. The summed E-state index contributed by atoms with van der Waals surface area (Å²) in [5.74, 6) is 0. The lowest BCUT2D eigenvalue weighted by Crippen LogP contribution is -1.96. The molecule has 0 radical (unpaired) electrons. The standard InChI is InChI=1S/C13H11N/c1-2-7-11-14(12-8-3-1)13-9-5-4-6-10-13/h1-11H/b2-1-,3-1?,7-2?,8-3-,11-7-,14-11?. The maximum absolute atomic E-state index is 3.15. The molecule has 0 N–H and O–H groups in total. The Labute approximate surface area is 84.0 Å². The van der Waals surface area contributed by atoms with Crippen LogP contribution in [0, 0.1) is 0 Å². The van der Waals surface area contributed by atoms with E-state index in [9.17, 15) is 0 Å². The van der Waals surface area contributed by atoms with Gasteiger partial charge in [-0.25, -0.2) is 0 Å². The Morgan fingerprint density at radius 2 is 1.64 bits per heavy atom. The van der Waals surface area contributed by atoms with Gasteiger partial charge in [-0.2, -0.15) is 0 Å². The highest BCUT2D eigenvalue weighted by Gasteiger charge is 1.95. The fourth-order valence-electron chi connectivity index (χ4n) is 1.24. The number of hydrogen-bond donors (Lipinski definition) is 0. The summed E-state index contributed by atoms with van der Waals surface area (Å²) in [7, 11) is 0. The first kappa shape index (κ1) is 8.70. The second kappa shape index (κ2) is 4.38. The Morgan fingerprint density at radius 1 is 0.857 bits per heavy atom. The molecule has 0 amide bonds. The van der Waals surface area contributed by atoms with Gasteiger partial charge in [0.05, 0.1) is 6.20 Å². The van der Waals surface area contributed by atoms with Crippen LogP contribution in [0.1, 0.15) is 0 Å². The maximum Gasteiger partial charge on any atom is 0.152 e. The van der Waals surface area contributed by atoms with E-state index in [0.717, 1.165) is 5.69 Å². The zero-order chi connectivity index (χ0) is 9.64. The zero-order valence-electron chi connectivity index (χ0n) is 7.80. The molecule has 0 saturated carbocycles. The van der Waals surface area contributed by atoms with Gasteiger partial charge in [0.2, 0.25) is 0 Å². The number of para-hydroxylation sites is 1. The average Bonchev–Trinajstić information content (AvgIpc) is 2.18. The summed E-state index contributed by atoms with van der Waals surface area (Å²) in [4.78, 5) is 0. The normalized spacial score (nSPS) is 25.3. The summed E-state index contributed by atoms with van der Waals surface area (Å²) in [5.41, 5.74) is 1.11. The Balaban J connectivity index is 2.35. The van der Waals surface area contributed by atoms with Crippen LogP contribution in [0.5, 0.6) is 0 Å². The van der Waals surface area contributed by atoms with Crippen LogP contribution in [0.25, 0.3) is 0 Å². The monoisotopic (exact) mass is 181 g/mol. The van der Waals surface area contributed by atoms with Crippen molar-refractivity contribution >= 4 is 11.9 Å². The van der Waals surface area contributed by atoms with Crippen LogP contribution in [-0.2, 0) is 0 Å². The van der Waals surface area contributed by atoms with Gasteiger partial charge < -0.3 is 0 Å². The van der Waals surface area contributed by atoms with Gasteiger partial charge in [0.1, 0.15) is 5.69 Å². The smallest absolute Gasteiger partial charge is 0.152 e. The summed E-state index contributed by atoms with van der Waals surface area (Å²) >= 11 is 0. The molecule has 0 saturated heterocycles. The Hall–Kier alpha value is -1.89. The topological polar surface area (TPSA) is 3.01 Å². The molecule has 0 spiro atoms. The number of allylic oxidation sites excluding steroid dienone is 5. The number of nitrogens with zero attached hydrogens (tertiary/aromatic N) is 1. The third kappa shape index (κ3) is 2.07. The van der Waals surface area contributed by atoms with E-state index in [4.69, 9.17) is 0 Å². The first-order chi connectivity index (χ1) is 6.97. The highest BCUT2D eigenvalue weighted by molar-refractivity contribution is 5.68. The van der Waals surface area contributed by atoms with Crippen LogP contribution in [0.3, 0.4) is 0 Å². The molecule has 1 heterocycles. The molecule has 0 unspecified atom stereocenters. The van der Waals surface area contributed by atoms with Gasteiger partial charge in [0.15, 0.2) is 6.21 Å². The molecule has 14 heavy (non-hydrogen) atoms. The molecule has 1 heteroatoms. The fraction of sp³-hybridized carbons (Fsp3) is 0. The largest absolute Gasteiger partial charge is 0.284 e. The lowest BCUT2D eigenvalue weighted by atomic mass is 10.3. The third-order valence-corrected chi connectivity index (χ3v) is 1.91. The van der Waals surface area contributed by atoms with Gasteiger partial charge in [0.25, 0.3) is 0 Å². The van der Waals surface area contributed by atoms with Crippen molar-refractivity contribution in [1.82, 2.24) is 0 Å². The molecular weight excluding hydrogens is 170 g/mol. The summed E-state index contributed by atoms with van der Waals surface area (Å²) in [5, 5.41) is 0. The van der Waals surface area contributed by atoms with Crippen molar-refractivity contribution in [1.29, 1.82) is 0 Å². The molecule has 1 aliphatic rings. The van der Waals surface area contributed by atoms with Crippen molar-refractivity contribution in [2.24, 2.45) is 0 Å². The second-order valence-electron chi connectivity index (χ2n) is 2.92. The van der Waals surface area contributed by atoms with Crippen molar-refractivity contribution in [2.75, 3.05) is 0 Å². The van der Waals surface area contributed by atoms with Gasteiger partial charge in [-0.05, 0) is 18.2 Å². The summed E-state index contributed by atoms with van der Waals surface area (Å²) in [6, 6.07) is 10.1. The number of hydrogen-bond acceptors (Lipinski definition) is 0. The highest BCUT2D eigenvalue weighted by atomic mass is 15.0. The molecule has 68 valence electrons. The van der Waals surface area contributed by atoms with Crippen molar-refractivity contribution in [3.8, 4) is 0 Å². The lowest BCUT2D eigenvalue weighted by Gasteiger charge is -2.02. The Kier molecular flexibility index (Phi) is 2.72. The molecule has 2 rings (SSSR count). The summed E-state index contributed by atoms with van der Waals surface area (Å²) in [6.07, 6.45) is 14.9. The maximum atomic E-state index is 3.15. The average molecular weight is 181 g/mol. The van der Waals surface area contributed by atoms with Gasteiger partial charge >= 0.3 is 0 Å². The van der Waals surface area contributed by atoms with Crippen LogP contribution in [0.2, 0.25) is 0 Å². The van der Waals surface area contributed by atoms with E-state index in [1.807, 2.05) is 59.4 Å². The number of benzene rings is 1. The molecule has 0 aliphatic carbocycles. The first-order valence-corrected chi connectivity index (χ1v) is 4.57. The van der Waals surface area contributed by atoms with Gasteiger partial charge in [-0.1, -0.05) is 30.4 Å². The molecule has 0 fully saturated rings. The molecule has 0 bridgehead atoms. The molecule has 0 aromatic heterocycles. The van der Waals surface area contributed by atoms with E-state index in [1.54, 1.807) is 0 Å². The third-order valence-electron chi connectivity index (χ3n) is 1.91. The molecule has 1 aromatic carbocycles.